The van der Waals surface area contributed by atoms with E-state index in [4.69, 9.17) is 22.1 Å². The molecule has 1 aliphatic rings. The zero-order chi connectivity index (χ0) is 15.5. The molecule has 1 aromatic carbocycles. The average molecular weight is 317 g/mol. The van der Waals surface area contributed by atoms with Crippen LogP contribution in [0.1, 0.15) is 38.5 Å². The van der Waals surface area contributed by atoms with Crippen LogP contribution in [0, 0.1) is 15.9 Å². The molecule has 2 rings (SSSR count). The summed E-state index contributed by atoms with van der Waals surface area (Å²) in [6.07, 6.45) is 5.95. The van der Waals surface area contributed by atoms with Crippen LogP contribution in [0.15, 0.2) is 12.1 Å². The van der Waals surface area contributed by atoms with Crippen molar-refractivity contribution < 1.29 is 14.1 Å². The van der Waals surface area contributed by atoms with E-state index in [2.05, 4.69) is 0 Å². The third-order valence-corrected chi connectivity index (χ3v) is 4.10. The molecule has 5 nitrogen and oxygen atoms in total. The molecule has 21 heavy (non-hydrogen) atoms. The second-order valence-electron chi connectivity index (χ2n) is 5.56. The first-order chi connectivity index (χ1) is 9.91. The molecule has 0 bridgehead atoms. The second-order valence-corrected chi connectivity index (χ2v) is 5.96. The number of ether oxygens (including phenoxy) is 1. The van der Waals surface area contributed by atoms with Gasteiger partial charge in [-0.3, -0.25) is 10.1 Å². The number of halogens is 2. The van der Waals surface area contributed by atoms with Crippen molar-refractivity contribution in [3.05, 3.63) is 33.1 Å². The summed E-state index contributed by atoms with van der Waals surface area (Å²) in [7, 11) is 0. The fourth-order valence-corrected chi connectivity index (χ4v) is 2.73. The molecule has 1 fully saturated rings. The van der Waals surface area contributed by atoms with Gasteiger partial charge in [0.1, 0.15) is 12.4 Å². The molecule has 1 saturated carbocycles. The van der Waals surface area contributed by atoms with Gasteiger partial charge in [0.2, 0.25) is 0 Å². The van der Waals surface area contributed by atoms with Gasteiger partial charge in [-0.05, 0) is 12.8 Å². The van der Waals surface area contributed by atoms with Crippen molar-refractivity contribution in [1.82, 2.24) is 0 Å². The number of nitro groups is 1. The smallest absolute Gasteiger partial charge is 0.313 e. The fraction of sp³-hybridized carbons (Fsp3) is 0.571. The summed E-state index contributed by atoms with van der Waals surface area (Å²) in [5, 5.41) is 10.7. The minimum absolute atomic E-state index is 0.0412. The maximum Gasteiger partial charge on any atom is 0.313 e. The summed E-state index contributed by atoms with van der Waals surface area (Å²) in [4.78, 5) is 10.3. The van der Waals surface area contributed by atoms with Crippen molar-refractivity contribution >= 4 is 17.3 Å². The number of benzene rings is 1. The summed E-state index contributed by atoms with van der Waals surface area (Å²) in [6.45, 7) is 0.163. The van der Waals surface area contributed by atoms with Crippen LogP contribution >= 0.6 is 11.6 Å². The number of hydrogen-bond donors (Lipinski definition) is 1. The molecule has 2 N–H and O–H groups in total. The SMILES string of the molecule is NC1(COc2cc(Cl)c(F)cc2[N+](=O)[O-])CCCCCC1. The Bertz CT molecular complexity index is 531. The molecule has 0 unspecified atom stereocenters. The average Bonchev–Trinajstić information content (AvgIpc) is 2.65. The van der Waals surface area contributed by atoms with Gasteiger partial charge >= 0.3 is 5.69 Å². The van der Waals surface area contributed by atoms with Gasteiger partial charge in [-0.2, -0.15) is 0 Å². The predicted molar refractivity (Wildman–Crippen MR) is 78.2 cm³/mol. The molecule has 1 aromatic rings. The third kappa shape index (κ3) is 4.04. The van der Waals surface area contributed by atoms with Crippen molar-refractivity contribution in [3.63, 3.8) is 0 Å². The number of hydrogen-bond acceptors (Lipinski definition) is 4. The molecule has 7 heteroatoms. The zero-order valence-corrected chi connectivity index (χ0v) is 12.4. The van der Waals surface area contributed by atoms with Crippen molar-refractivity contribution in [3.8, 4) is 5.75 Å². The molecule has 0 atom stereocenters. The Labute approximate surface area is 127 Å². The normalized spacial score (nSPS) is 18.0. The Kier molecular flexibility index (Phi) is 5.00. The lowest BCUT2D eigenvalue weighted by atomic mass is 9.92. The van der Waals surface area contributed by atoms with E-state index in [9.17, 15) is 14.5 Å². The van der Waals surface area contributed by atoms with E-state index in [0.717, 1.165) is 50.7 Å². The maximum absolute atomic E-state index is 13.3. The van der Waals surface area contributed by atoms with Gasteiger partial charge < -0.3 is 10.5 Å². The van der Waals surface area contributed by atoms with Gasteiger partial charge in [-0.1, -0.05) is 37.3 Å². The molecule has 0 spiro atoms. The maximum atomic E-state index is 13.3. The van der Waals surface area contributed by atoms with Crippen LogP contribution in [0.3, 0.4) is 0 Å². The van der Waals surface area contributed by atoms with Gasteiger partial charge in [-0.15, -0.1) is 0 Å². The van der Waals surface area contributed by atoms with E-state index >= 15 is 0 Å². The number of rotatable bonds is 4. The molecule has 0 saturated heterocycles. The van der Waals surface area contributed by atoms with E-state index in [-0.39, 0.29) is 17.4 Å². The van der Waals surface area contributed by atoms with Gasteiger partial charge in [0.05, 0.1) is 21.6 Å². The van der Waals surface area contributed by atoms with Crippen molar-refractivity contribution in [1.29, 1.82) is 0 Å². The zero-order valence-electron chi connectivity index (χ0n) is 11.6. The molecule has 1 aliphatic carbocycles. The Hall–Kier alpha value is -1.40. The Morgan fingerprint density at radius 2 is 1.95 bits per heavy atom. The highest BCUT2D eigenvalue weighted by Gasteiger charge is 2.29. The van der Waals surface area contributed by atoms with Gasteiger partial charge in [0.25, 0.3) is 0 Å². The lowest BCUT2D eigenvalue weighted by Crippen LogP contribution is -2.45. The summed E-state index contributed by atoms with van der Waals surface area (Å²) in [6, 6.07) is 1.91. The van der Waals surface area contributed by atoms with Crippen LogP contribution in [0.2, 0.25) is 5.02 Å². The van der Waals surface area contributed by atoms with Crippen LogP contribution in [0.5, 0.6) is 5.75 Å². The van der Waals surface area contributed by atoms with Gasteiger partial charge in [0, 0.05) is 6.07 Å². The van der Waals surface area contributed by atoms with Crippen molar-refractivity contribution in [2.24, 2.45) is 5.73 Å². The van der Waals surface area contributed by atoms with Crippen LogP contribution in [0.25, 0.3) is 0 Å². The van der Waals surface area contributed by atoms with E-state index in [0.29, 0.717) is 0 Å². The number of nitro benzene ring substituents is 1. The molecule has 116 valence electrons. The first-order valence-electron chi connectivity index (χ1n) is 6.96. The van der Waals surface area contributed by atoms with Crippen LogP contribution in [-0.4, -0.2) is 17.1 Å². The largest absolute Gasteiger partial charge is 0.485 e. The third-order valence-electron chi connectivity index (χ3n) is 3.81. The first kappa shape index (κ1) is 16.0. The predicted octanol–water partition coefficient (Wildman–Crippen LogP) is 3.82. The van der Waals surface area contributed by atoms with Crippen molar-refractivity contribution in [2.45, 2.75) is 44.1 Å². The summed E-state index contributed by atoms with van der Waals surface area (Å²) in [5.74, 6) is -0.881. The van der Waals surface area contributed by atoms with Gasteiger partial charge in [-0.25, -0.2) is 4.39 Å². The van der Waals surface area contributed by atoms with E-state index in [1.54, 1.807) is 0 Å². The molecule has 0 aromatic heterocycles. The van der Waals surface area contributed by atoms with E-state index in [1.807, 2.05) is 0 Å². The second kappa shape index (κ2) is 6.58. The number of nitrogens with two attached hydrogens (primary N) is 1. The van der Waals surface area contributed by atoms with Crippen LogP contribution in [-0.2, 0) is 0 Å². The Balaban J connectivity index is 2.15. The molecular formula is C14H18ClFN2O3. The fourth-order valence-electron chi connectivity index (χ4n) is 2.57. The highest BCUT2D eigenvalue weighted by atomic mass is 35.5. The molecule has 0 heterocycles. The Morgan fingerprint density at radius 1 is 1.33 bits per heavy atom. The molecule has 0 aliphatic heterocycles. The quantitative estimate of drug-likeness (QED) is 0.520. The van der Waals surface area contributed by atoms with E-state index < -0.39 is 22.0 Å². The summed E-state index contributed by atoms with van der Waals surface area (Å²) in [5.41, 5.74) is 5.37. The standard InChI is InChI=1S/C14H18ClFN2O3/c15-10-7-13(12(18(19)20)8-11(10)16)21-9-14(17)5-3-1-2-4-6-14/h7-8H,1-6,9,17H2. The summed E-state index contributed by atoms with van der Waals surface area (Å²) < 4.78 is 18.8. The minimum Gasteiger partial charge on any atom is -0.485 e. The highest BCUT2D eigenvalue weighted by Crippen LogP contribution is 2.34. The number of nitrogens with zero attached hydrogens (tertiary/aromatic N) is 1. The highest BCUT2D eigenvalue weighted by molar-refractivity contribution is 6.31. The lowest BCUT2D eigenvalue weighted by Gasteiger charge is -2.27. The summed E-state index contributed by atoms with van der Waals surface area (Å²) >= 11 is 5.66. The Morgan fingerprint density at radius 3 is 2.52 bits per heavy atom. The lowest BCUT2D eigenvalue weighted by molar-refractivity contribution is -0.386. The monoisotopic (exact) mass is 316 g/mol. The van der Waals surface area contributed by atoms with Crippen LogP contribution < -0.4 is 10.5 Å². The molecule has 0 amide bonds. The minimum atomic E-state index is -0.840. The molecule has 0 radical (unpaired) electrons. The van der Waals surface area contributed by atoms with E-state index in [1.165, 1.54) is 0 Å². The topological polar surface area (TPSA) is 78.4 Å². The first-order valence-corrected chi connectivity index (χ1v) is 7.34. The molecular weight excluding hydrogens is 299 g/mol. The van der Waals surface area contributed by atoms with Crippen LogP contribution in [0.4, 0.5) is 10.1 Å². The van der Waals surface area contributed by atoms with Gasteiger partial charge in [0.15, 0.2) is 5.75 Å². The van der Waals surface area contributed by atoms with Crippen molar-refractivity contribution in [2.75, 3.05) is 6.61 Å².